The molecule has 3 atom stereocenters. The highest BCUT2D eigenvalue weighted by atomic mass is 16.5. The van der Waals surface area contributed by atoms with Gasteiger partial charge in [0.25, 0.3) is 0 Å². The third-order valence-electron chi connectivity index (χ3n) is 5.73. The minimum Gasteiger partial charge on any atom is -0.497 e. The van der Waals surface area contributed by atoms with E-state index in [0.717, 1.165) is 42.0 Å². The standard InChI is InChI=1S/C22H27N3O3/c1-27-16-8-5-7-15(13-16)18-14-19(24-23-18)22(26)25-12-6-10-20(25)17-9-3-4-11-21(17)28-2/h3-5,7-9,11,13,18-20,23-24H,6,10,12,14H2,1-2H3. The molecule has 0 radical (unpaired) electrons. The molecule has 0 aliphatic carbocycles. The van der Waals surface area contributed by atoms with Gasteiger partial charge in [0.15, 0.2) is 0 Å². The molecule has 2 aromatic carbocycles. The quantitative estimate of drug-likeness (QED) is 0.834. The van der Waals surface area contributed by atoms with Crippen LogP contribution in [0.5, 0.6) is 11.5 Å². The first-order valence-corrected chi connectivity index (χ1v) is 9.79. The molecule has 2 fully saturated rings. The van der Waals surface area contributed by atoms with E-state index in [2.05, 4.69) is 23.0 Å². The summed E-state index contributed by atoms with van der Waals surface area (Å²) in [5.41, 5.74) is 8.69. The van der Waals surface area contributed by atoms with Crippen LogP contribution in [0.2, 0.25) is 0 Å². The molecule has 6 nitrogen and oxygen atoms in total. The van der Waals surface area contributed by atoms with Crippen molar-refractivity contribution in [2.45, 2.75) is 37.4 Å². The zero-order valence-corrected chi connectivity index (χ0v) is 16.4. The summed E-state index contributed by atoms with van der Waals surface area (Å²) in [6.07, 6.45) is 2.68. The maximum Gasteiger partial charge on any atom is 0.241 e. The number of hydrazine groups is 1. The van der Waals surface area contributed by atoms with Crippen LogP contribution < -0.4 is 20.3 Å². The van der Waals surface area contributed by atoms with E-state index < -0.39 is 0 Å². The highest BCUT2D eigenvalue weighted by molar-refractivity contribution is 5.83. The van der Waals surface area contributed by atoms with Gasteiger partial charge in [0.05, 0.1) is 20.3 Å². The van der Waals surface area contributed by atoms with Crippen molar-refractivity contribution < 1.29 is 14.3 Å². The molecule has 2 aliphatic heterocycles. The average Bonchev–Trinajstić information content (AvgIpc) is 3.43. The number of carbonyl (C=O) groups is 1. The predicted octanol–water partition coefficient (Wildman–Crippen LogP) is 2.98. The molecular formula is C22H27N3O3. The van der Waals surface area contributed by atoms with Crippen LogP contribution in [0, 0.1) is 0 Å². The summed E-state index contributed by atoms with van der Waals surface area (Å²) in [5.74, 6) is 1.81. The largest absolute Gasteiger partial charge is 0.497 e. The third-order valence-corrected chi connectivity index (χ3v) is 5.73. The number of rotatable bonds is 5. The van der Waals surface area contributed by atoms with Gasteiger partial charge in [0.2, 0.25) is 5.91 Å². The van der Waals surface area contributed by atoms with Gasteiger partial charge < -0.3 is 14.4 Å². The molecule has 148 valence electrons. The second-order valence-electron chi connectivity index (χ2n) is 7.34. The maximum absolute atomic E-state index is 13.3. The van der Waals surface area contributed by atoms with Gasteiger partial charge in [0, 0.05) is 18.2 Å². The lowest BCUT2D eigenvalue weighted by Crippen LogP contribution is -2.45. The summed E-state index contributed by atoms with van der Waals surface area (Å²) in [6, 6.07) is 15.9. The summed E-state index contributed by atoms with van der Waals surface area (Å²) in [4.78, 5) is 15.3. The number of para-hydroxylation sites is 1. The van der Waals surface area contributed by atoms with E-state index in [1.54, 1.807) is 14.2 Å². The fourth-order valence-electron chi connectivity index (χ4n) is 4.29. The normalized spacial score (nSPS) is 24.4. The lowest BCUT2D eigenvalue weighted by Gasteiger charge is -2.28. The van der Waals surface area contributed by atoms with Crippen molar-refractivity contribution in [3.8, 4) is 11.5 Å². The average molecular weight is 381 g/mol. The molecule has 0 bridgehead atoms. The number of hydrogen-bond donors (Lipinski definition) is 2. The lowest BCUT2D eigenvalue weighted by molar-refractivity contribution is -0.134. The molecule has 4 rings (SSSR count). The Kier molecular flexibility index (Phi) is 5.50. The number of likely N-dealkylation sites (tertiary alicyclic amines) is 1. The Balaban J connectivity index is 1.48. The molecule has 6 heteroatoms. The van der Waals surface area contributed by atoms with Gasteiger partial charge in [-0.25, -0.2) is 10.9 Å². The lowest BCUT2D eigenvalue weighted by atomic mass is 10.00. The number of ether oxygens (including phenoxy) is 2. The van der Waals surface area contributed by atoms with E-state index in [-0.39, 0.29) is 24.0 Å². The Morgan fingerprint density at radius 3 is 2.75 bits per heavy atom. The van der Waals surface area contributed by atoms with Crippen LogP contribution in [-0.2, 0) is 4.79 Å². The molecule has 3 unspecified atom stereocenters. The molecule has 2 aliphatic rings. The molecule has 2 heterocycles. The monoisotopic (exact) mass is 381 g/mol. The van der Waals surface area contributed by atoms with Crippen molar-refractivity contribution in [3.63, 3.8) is 0 Å². The van der Waals surface area contributed by atoms with Gasteiger partial charge in [-0.1, -0.05) is 30.3 Å². The van der Waals surface area contributed by atoms with Gasteiger partial charge in [-0.2, -0.15) is 0 Å². The van der Waals surface area contributed by atoms with Crippen molar-refractivity contribution in [2.24, 2.45) is 0 Å². The van der Waals surface area contributed by atoms with Gasteiger partial charge in [-0.3, -0.25) is 4.79 Å². The molecule has 28 heavy (non-hydrogen) atoms. The van der Waals surface area contributed by atoms with Gasteiger partial charge in [-0.05, 0) is 43.0 Å². The van der Waals surface area contributed by atoms with Gasteiger partial charge >= 0.3 is 0 Å². The first-order chi connectivity index (χ1) is 13.7. The minimum absolute atomic E-state index is 0.0707. The molecule has 0 saturated carbocycles. The molecular weight excluding hydrogens is 354 g/mol. The van der Waals surface area contributed by atoms with Crippen molar-refractivity contribution >= 4 is 5.91 Å². The Labute approximate surface area is 165 Å². The summed E-state index contributed by atoms with van der Waals surface area (Å²) < 4.78 is 10.8. The van der Waals surface area contributed by atoms with Crippen LogP contribution in [0.15, 0.2) is 48.5 Å². The number of nitrogens with zero attached hydrogens (tertiary/aromatic N) is 1. The van der Waals surface area contributed by atoms with Crippen molar-refractivity contribution in [1.29, 1.82) is 0 Å². The third kappa shape index (κ3) is 3.57. The van der Waals surface area contributed by atoms with E-state index in [0.29, 0.717) is 6.42 Å². The Hall–Kier alpha value is -2.57. The van der Waals surface area contributed by atoms with E-state index >= 15 is 0 Å². The van der Waals surface area contributed by atoms with Crippen molar-refractivity contribution in [2.75, 3.05) is 20.8 Å². The van der Waals surface area contributed by atoms with E-state index in [4.69, 9.17) is 9.47 Å². The molecule has 2 N–H and O–H groups in total. The van der Waals surface area contributed by atoms with Crippen LogP contribution >= 0.6 is 0 Å². The smallest absolute Gasteiger partial charge is 0.241 e. The Morgan fingerprint density at radius 2 is 1.93 bits per heavy atom. The van der Waals surface area contributed by atoms with E-state index in [9.17, 15) is 4.79 Å². The number of nitrogens with one attached hydrogen (secondary N) is 2. The van der Waals surface area contributed by atoms with Crippen LogP contribution in [0.3, 0.4) is 0 Å². The molecule has 2 saturated heterocycles. The molecule has 0 aromatic heterocycles. The first kappa shape index (κ1) is 18.8. The van der Waals surface area contributed by atoms with Crippen LogP contribution in [0.1, 0.15) is 42.5 Å². The summed E-state index contributed by atoms with van der Waals surface area (Å²) >= 11 is 0. The van der Waals surface area contributed by atoms with Crippen molar-refractivity contribution in [1.82, 2.24) is 15.8 Å². The molecule has 2 aromatic rings. The van der Waals surface area contributed by atoms with Crippen LogP contribution in [0.4, 0.5) is 0 Å². The number of methoxy groups -OCH3 is 2. The second kappa shape index (κ2) is 8.20. The minimum atomic E-state index is -0.244. The van der Waals surface area contributed by atoms with Gasteiger partial charge in [0.1, 0.15) is 17.5 Å². The Morgan fingerprint density at radius 1 is 1.07 bits per heavy atom. The zero-order chi connectivity index (χ0) is 19.5. The topological polar surface area (TPSA) is 62.8 Å². The first-order valence-electron chi connectivity index (χ1n) is 9.79. The number of carbonyl (C=O) groups excluding carboxylic acids is 1. The van der Waals surface area contributed by atoms with E-state index in [1.165, 1.54) is 0 Å². The number of benzene rings is 2. The SMILES string of the molecule is COc1cccc(C2CC(C(=O)N3CCCC3c3ccccc3OC)NN2)c1. The summed E-state index contributed by atoms with van der Waals surface area (Å²) in [5, 5.41) is 0. The van der Waals surface area contributed by atoms with Crippen LogP contribution in [-0.4, -0.2) is 37.6 Å². The highest BCUT2D eigenvalue weighted by Gasteiger charge is 2.38. The Bertz CT molecular complexity index is 841. The van der Waals surface area contributed by atoms with Crippen LogP contribution in [0.25, 0.3) is 0 Å². The maximum atomic E-state index is 13.3. The molecule has 0 spiro atoms. The van der Waals surface area contributed by atoms with Crippen molar-refractivity contribution in [3.05, 3.63) is 59.7 Å². The zero-order valence-electron chi connectivity index (χ0n) is 16.4. The number of hydrogen-bond acceptors (Lipinski definition) is 5. The fraction of sp³-hybridized carbons (Fsp3) is 0.409. The fourth-order valence-corrected chi connectivity index (χ4v) is 4.29. The van der Waals surface area contributed by atoms with Gasteiger partial charge in [-0.15, -0.1) is 0 Å². The predicted molar refractivity (Wildman–Crippen MR) is 107 cm³/mol. The highest BCUT2D eigenvalue weighted by Crippen LogP contribution is 2.38. The number of amides is 1. The molecule has 1 amide bonds. The second-order valence-corrected chi connectivity index (χ2v) is 7.34. The van der Waals surface area contributed by atoms with E-state index in [1.807, 2.05) is 41.3 Å². The summed E-state index contributed by atoms with van der Waals surface area (Å²) in [6.45, 7) is 0.781. The summed E-state index contributed by atoms with van der Waals surface area (Å²) in [7, 11) is 3.35.